The number of hydrogen-bond acceptors (Lipinski definition) is 5. The fourth-order valence-corrected chi connectivity index (χ4v) is 0.955. The van der Waals surface area contributed by atoms with Gasteiger partial charge in [0.15, 0.2) is 5.92 Å². The molecule has 6 heteroatoms. The van der Waals surface area contributed by atoms with Crippen LogP contribution in [-0.2, 0) is 0 Å². The Balaban J connectivity index is 3.29. The molecule has 0 aromatic carbocycles. The molecule has 0 fully saturated rings. The average molecular weight is 188 g/mol. The highest BCUT2D eigenvalue weighted by Gasteiger charge is 2.22. The summed E-state index contributed by atoms with van der Waals surface area (Å²) in [5.74, 6) is -1.59. The van der Waals surface area contributed by atoms with Gasteiger partial charge in [-0.1, -0.05) is 0 Å². The summed E-state index contributed by atoms with van der Waals surface area (Å²) in [4.78, 5) is 13.3. The van der Waals surface area contributed by atoms with Crippen molar-refractivity contribution in [3.63, 3.8) is 0 Å². The van der Waals surface area contributed by atoms with Gasteiger partial charge < -0.3 is 10.1 Å². The normalized spacial score (nSPS) is 9.07. The predicted molar refractivity (Wildman–Crippen MR) is 44.9 cm³/mol. The van der Waals surface area contributed by atoms with E-state index in [0.29, 0.717) is 0 Å². The highest BCUT2D eigenvalue weighted by atomic mass is 16.6. The molecule has 0 aliphatic heterocycles. The van der Waals surface area contributed by atoms with Crippen LogP contribution in [0.1, 0.15) is 11.5 Å². The maximum absolute atomic E-state index is 10.5. The summed E-state index contributed by atoms with van der Waals surface area (Å²) >= 11 is 0. The molecular weight excluding hydrogens is 184 g/mol. The van der Waals surface area contributed by atoms with Crippen LogP contribution in [0.3, 0.4) is 0 Å². The second kappa shape index (κ2) is 3.97. The monoisotopic (exact) mass is 188 g/mol. The van der Waals surface area contributed by atoms with Gasteiger partial charge in [-0.2, -0.15) is 10.5 Å². The van der Waals surface area contributed by atoms with Gasteiger partial charge in [0.05, 0.1) is 17.7 Å². The summed E-state index contributed by atoms with van der Waals surface area (Å²) in [6, 6.07) is 6.11. The van der Waals surface area contributed by atoms with Gasteiger partial charge in [-0.25, -0.2) is 0 Å². The number of pyridine rings is 1. The Bertz CT molecular complexity index is 429. The van der Waals surface area contributed by atoms with Gasteiger partial charge in [0, 0.05) is 0 Å². The minimum absolute atomic E-state index is 0.0301. The first-order chi connectivity index (χ1) is 6.70. The van der Waals surface area contributed by atoms with Crippen LogP contribution < -0.4 is 0 Å². The van der Waals surface area contributed by atoms with Crippen molar-refractivity contribution in [2.75, 3.05) is 0 Å². The molecule has 0 aliphatic rings. The van der Waals surface area contributed by atoms with Gasteiger partial charge in [0.25, 0.3) is 0 Å². The topological polar surface area (TPSA) is 104 Å². The van der Waals surface area contributed by atoms with Crippen LogP contribution in [0.15, 0.2) is 18.3 Å². The van der Waals surface area contributed by atoms with Gasteiger partial charge in [-0.15, -0.1) is 0 Å². The average Bonchev–Trinajstić information content (AvgIpc) is 2.20. The van der Waals surface area contributed by atoms with E-state index < -0.39 is 16.7 Å². The number of aromatic nitrogens is 1. The molecule has 0 bridgehead atoms. The van der Waals surface area contributed by atoms with Crippen LogP contribution in [0.5, 0.6) is 0 Å². The molecular formula is C8H4N4O2. The molecule has 1 aromatic heterocycles. The molecule has 0 unspecified atom stereocenters. The van der Waals surface area contributed by atoms with Gasteiger partial charge in [-0.3, -0.25) is 0 Å². The van der Waals surface area contributed by atoms with Crippen LogP contribution >= 0.6 is 0 Å². The molecule has 14 heavy (non-hydrogen) atoms. The third-order valence-electron chi connectivity index (χ3n) is 1.56. The molecule has 68 valence electrons. The van der Waals surface area contributed by atoms with E-state index in [4.69, 9.17) is 10.5 Å². The lowest BCUT2D eigenvalue weighted by Crippen LogP contribution is -2.01. The van der Waals surface area contributed by atoms with E-state index in [-0.39, 0.29) is 5.56 Å². The first-order valence-corrected chi connectivity index (χ1v) is 3.59. The lowest BCUT2D eigenvalue weighted by Gasteiger charge is -2.00. The third-order valence-corrected chi connectivity index (χ3v) is 1.56. The molecule has 0 atom stereocenters. The third kappa shape index (κ3) is 1.65. The molecule has 0 saturated heterocycles. The Morgan fingerprint density at radius 3 is 2.64 bits per heavy atom. The molecule has 0 spiro atoms. The van der Waals surface area contributed by atoms with Crippen molar-refractivity contribution in [2.24, 2.45) is 0 Å². The molecule has 0 amide bonds. The lowest BCUT2D eigenvalue weighted by molar-refractivity contribution is -0.390. The summed E-state index contributed by atoms with van der Waals surface area (Å²) < 4.78 is 0. The van der Waals surface area contributed by atoms with Gasteiger partial charge in [0.2, 0.25) is 0 Å². The van der Waals surface area contributed by atoms with Crippen molar-refractivity contribution >= 4 is 5.82 Å². The number of nitrogens with zero attached hydrogens (tertiary/aromatic N) is 4. The van der Waals surface area contributed by atoms with E-state index in [1.54, 1.807) is 12.1 Å². The molecule has 0 radical (unpaired) electrons. The lowest BCUT2D eigenvalue weighted by atomic mass is 10.0. The van der Waals surface area contributed by atoms with Gasteiger partial charge in [0.1, 0.15) is 6.20 Å². The SMILES string of the molecule is N#CC(C#N)c1cccnc1[N+](=O)[O-]. The molecule has 0 N–H and O–H groups in total. The van der Waals surface area contributed by atoms with Gasteiger partial charge in [-0.05, 0) is 22.0 Å². The minimum Gasteiger partial charge on any atom is -0.358 e. The maximum atomic E-state index is 10.5. The van der Waals surface area contributed by atoms with E-state index in [1.807, 2.05) is 0 Å². The van der Waals surface area contributed by atoms with E-state index in [2.05, 4.69) is 4.98 Å². The van der Waals surface area contributed by atoms with E-state index in [0.717, 1.165) is 0 Å². The Kier molecular flexibility index (Phi) is 2.72. The number of nitriles is 2. The summed E-state index contributed by atoms with van der Waals surface area (Å²) in [5, 5.41) is 27.6. The molecule has 1 heterocycles. The fourth-order valence-electron chi connectivity index (χ4n) is 0.955. The first-order valence-electron chi connectivity index (χ1n) is 3.59. The zero-order chi connectivity index (χ0) is 10.6. The van der Waals surface area contributed by atoms with E-state index in [9.17, 15) is 10.1 Å². The molecule has 1 aromatic rings. The van der Waals surface area contributed by atoms with Crippen molar-refractivity contribution in [1.82, 2.24) is 4.98 Å². The fraction of sp³-hybridized carbons (Fsp3) is 0.125. The minimum atomic E-state index is -1.15. The molecule has 6 nitrogen and oxygen atoms in total. The Labute approximate surface area is 79.2 Å². The van der Waals surface area contributed by atoms with Crippen molar-refractivity contribution in [3.8, 4) is 12.1 Å². The van der Waals surface area contributed by atoms with Crippen molar-refractivity contribution in [2.45, 2.75) is 5.92 Å². The maximum Gasteiger partial charge on any atom is 0.369 e. The van der Waals surface area contributed by atoms with Gasteiger partial charge >= 0.3 is 5.82 Å². The van der Waals surface area contributed by atoms with Crippen LogP contribution in [0, 0.1) is 32.8 Å². The zero-order valence-corrected chi connectivity index (χ0v) is 6.91. The van der Waals surface area contributed by atoms with Crippen molar-refractivity contribution in [3.05, 3.63) is 34.0 Å². The first kappa shape index (κ1) is 9.62. The smallest absolute Gasteiger partial charge is 0.358 e. The highest BCUT2D eigenvalue weighted by Crippen LogP contribution is 2.22. The van der Waals surface area contributed by atoms with Crippen LogP contribution in [0.25, 0.3) is 0 Å². The summed E-state index contributed by atoms with van der Waals surface area (Å²) in [6.45, 7) is 0. The summed E-state index contributed by atoms with van der Waals surface area (Å²) in [6.07, 6.45) is 1.24. The second-order valence-corrected chi connectivity index (χ2v) is 2.36. The van der Waals surface area contributed by atoms with E-state index in [1.165, 1.54) is 18.3 Å². The largest absolute Gasteiger partial charge is 0.369 e. The number of nitro groups is 1. The van der Waals surface area contributed by atoms with Crippen LogP contribution in [0.4, 0.5) is 5.82 Å². The Morgan fingerprint density at radius 1 is 1.50 bits per heavy atom. The van der Waals surface area contributed by atoms with Crippen LogP contribution in [0.2, 0.25) is 0 Å². The quantitative estimate of drug-likeness (QED) is 0.510. The zero-order valence-electron chi connectivity index (χ0n) is 6.91. The second-order valence-electron chi connectivity index (χ2n) is 2.36. The predicted octanol–water partition coefficient (Wildman–Crippen LogP) is 1.12. The Hall–Kier alpha value is -2.47. The summed E-state index contributed by atoms with van der Waals surface area (Å²) in [5.41, 5.74) is 0.0301. The highest BCUT2D eigenvalue weighted by molar-refractivity contribution is 5.41. The van der Waals surface area contributed by atoms with Crippen LogP contribution in [-0.4, -0.2) is 9.91 Å². The molecule has 0 saturated carbocycles. The summed E-state index contributed by atoms with van der Waals surface area (Å²) in [7, 11) is 0. The molecule has 1 rings (SSSR count). The molecule has 0 aliphatic carbocycles. The standard InChI is InChI=1S/C8H4N4O2/c9-4-6(5-10)7-2-1-3-11-8(7)12(13)14/h1-3,6H. The Morgan fingerprint density at radius 2 is 2.14 bits per heavy atom. The number of hydrogen-bond donors (Lipinski definition) is 0. The van der Waals surface area contributed by atoms with Crippen molar-refractivity contribution in [1.29, 1.82) is 10.5 Å². The van der Waals surface area contributed by atoms with E-state index >= 15 is 0 Å². The number of rotatable bonds is 2. The van der Waals surface area contributed by atoms with Crippen molar-refractivity contribution < 1.29 is 4.92 Å².